The number of nitrogens with zero attached hydrogens (tertiary/aromatic N) is 6. The van der Waals surface area contributed by atoms with Gasteiger partial charge in [0, 0.05) is 69.0 Å². The summed E-state index contributed by atoms with van der Waals surface area (Å²) in [6.45, 7) is 8.71. The molecule has 2 aliphatic heterocycles. The van der Waals surface area contributed by atoms with E-state index in [1.54, 1.807) is 13.3 Å². The predicted octanol–water partition coefficient (Wildman–Crippen LogP) is 3.13. The van der Waals surface area contributed by atoms with Gasteiger partial charge in [-0.25, -0.2) is 15.0 Å². The molecule has 3 aliphatic rings. The number of primary amides is 1. The number of piperidine rings is 1. The maximum absolute atomic E-state index is 11.7. The number of likely N-dealkylation sites (N-methyl/N-ethyl adjacent to an activating group) is 1. The molecule has 230 valence electrons. The van der Waals surface area contributed by atoms with Gasteiger partial charge in [-0.1, -0.05) is 13.0 Å². The van der Waals surface area contributed by atoms with Crippen LogP contribution in [0.15, 0.2) is 24.4 Å². The van der Waals surface area contributed by atoms with Crippen molar-refractivity contribution < 1.29 is 9.53 Å². The lowest BCUT2D eigenvalue weighted by Gasteiger charge is -2.42. The second kappa shape index (κ2) is 12.5. The first-order valence-electron chi connectivity index (χ1n) is 15.7. The van der Waals surface area contributed by atoms with Crippen molar-refractivity contribution in [3.05, 3.63) is 30.1 Å². The number of fused-ring (bicyclic) bond motifs is 1. The first kappa shape index (κ1) is 29.4. The Bertz CT molecular complexity index is 1460. The molecule has 4 heterocycles. The van der Waals surface area contributed by atoms with E-state index in [4.69, 9.17) is 26.2 Å². The fourth-order valence-corrected chi connectivity index (χ4v) is 7.00. The summed E-state index contributed by atoms with van der Waals surface area (Å²) in [5.41, 5.74) is 16.9. The summed E-state index contributed by atoms with van der Waals surface area (Å²) in [6, 6.07) is 7.13. The Kier molecular flexibility index (Phi) is 8.54. The van der Waals surface area contributed by atoms with Crippen LogP contribution in [0.25, 0.3) is 22.2 Å². The van der Waals surface area contributed by atoms with Gasteiger partial charge in [0.05, 0.1) is 18.5 Å². The van der Waals surface area contributed by atoms with Crippen molar-refractivity contribution in [2.75, 3.05) is 69.4 Å². The fourth-order valence-electron chi connectivity index (χ4n) is 7.00. The fraction of sp³-hybridized carbons (Fsp3) is 0.562. The number of aromatic nitrogens is 3. The Hall–Kier alpha value is -3.70. The number of hydrogen-bond acceptors (Lipinski definition) is 10. The third-order valence-corrected chi connectivity index (χ3v) is 9.66. The zero-order valence-corrected chi connectivity index (χ0v) is 25.7. The van der Waals surface area contributed by atoms with E-state index in [-0.39, 0.29) is 17.9 Å². The van der Waals surface area contributed by atoms with Gasteiger partial charge >= 0.3 is 0 Å². The highest BCUT2D eigenvalue weighted by atomic mass is 16.5. The molecule has 0 spiro atoms. The zero-order valence-electron chi connectivity index (χ0n) is 25.7. The summed E-state index contributed by atoms with van der Waals surface area (Å²) in [4.78, 5) is 33.7. The van der Waals surface area contributed by atoms with E-state index in [1.165, 1.54) is 0 Å². The van der Waals surface area contributed by atoms with Gasteiger partial charge in [-0.3, -0.25) is 9.69 Å². The number of pyridine rings is 1. The Labute approximate surface area is 254 Å². The third-order valence-electron chi connectivity index (χ3n) is 9.66. The molecular formula is C32H45N9O2. The Balaban J connectivity index is 1.26. The molecule has 1 aliphatic carbocycles. The van der Waals surface area contributed by atoms with Crippen LogP contribution < -0.4 is 26.4 Å². The molecule has 5 N–H and O–H groups in total. The molecule has 1 saturated carbocycles. The summed E-state index contributed by atoms with van der Waals surface area (Å²) in [7, 11) is 3.94. The lowest BCUT2D eigenvalue weighted by molar-refractivity contribution is -0.121. The van der Waals surface area contributed by atoms with Crippen LogP contribution in [0.2, 0.25) is 0 Å². The molecule has 11 heteroatoms. The maximum Gasteiger partial charge on any atom is 0.220 e. The normalized spacial score (nSPS) is 22.3. The molecule has 2 unspecified atom stereocenters. The van der Waals surface area contributed by atoms with Crippen LogP contribution in [0.3, 0.4) is 0 Å². The number of carbonyl (C=O) groups is 1. The van der Waals surface area contributed by atoms with Crippen LogP contribution in [0.5, 0.6) is 5.75 Å². The zero-order chi connectivity index (χ0) is 30.1. The van der Waals surface area contributed by atoms with Crippen molar-refractivity contribution in [2.24, 2.45) is 11.7 Å². The second-order valence-corrected chi connectivity index (χ2v) is 12.3. The minimum absolute atomic E-state index is 0.102. The van der Waals surface area contributed by atoms with Crippen molar-refractivity contribution in [1.82, 2.24) is 24.8 Å². The molecule has 3 aromatic rings. The second-order valence-electron chi connectivity index (χ2n) is 12.3. The van der Waals surface area contributed by atoms with Gasteiger partial charge in [0.1, 0.15) is 22.6 Å². The van der Waals surface area contributed by atoms with Crippen LogP contribution in [0, 0.1) is 5.92 Å². The Morgan fingerprint density at radius 1 is 1.05 bits per heavy atom. The van der Waals surface area contributed by atoms with Gasteiger partial charge in [-0.2, -0.15) is 0 Å². The van der Waals surface area contributed by atoms with E-state index >= 15 is 0 Å². The van der Waals surface area contributed by atoms with Crippen molar-refractivity contribution in [3.8, 4) is 16.9 Å². The third kappa shape index (κ3) is 6.05. The van der Waals surface area contributed by atoms with Crippen LogP contribution in [0.4, 0.5) is 17.3 Å². The molecule has 11 nitrogen and oxygen atoms in total. The number of rotatable bonds is 8. The van der Waals surface area contributed by atoms with Crippen LogP contribution in [0.1, 0.15) is 44.7 Å². The minimum Gasteiger partial charge on any atom is -0.495 e. The number of methoxy groups -OCH3 is 1. The summed E-state index contributed by atoms with van der Waals surface area (Å²) in [6.07, 6.45) is 7.14. The Morgan fingerprint density at radius 2 is 1.81 bits per heavy atom. The highest BCUT2D eigenvalue weighted by Gasteiger charge is 2.30. The summed E-state index contributed by atoms with van der Waals surface area (Å²) in [5.74, 6) is 1.58. The number of aryl methyl sites for hydroxylation is 1. The molecule has 1 amide bonds. The Morgan fingerprint density at radius 3 is 2.49 bits per heavy atom. The standard InChI is InChI=1S/C32H45N9O2/c1-4-25-32(36-22-7-5-21(17-22)31(34)42)38-28-24(19-35-30(33)29(28)37-25)20-6-8-26(27(18-20)43-3)41-11-9-23(10-12-41)40-15-13-39(2)14-16-40/h6,8,18-19,21-23H,4-5,7,9-17H2,1-3H3,(H2,33,35)(H2,34,42)(H,36,38). The van der Waals surface area contributed by atoms with Gasteiger partial charge < -0.3 is 31.3 Å². The van der Waals surface area contributed by atoms with E-state index in [1.807, 2.05) is 6.92 Å². The SMILES string of the molecule is CCc1nc2c(N)ncc(-c3ccc(N4CCC(N5CCN(C)CC5)CC4)c(OC)c3)c2nc1NC1CCC(C(N)=O)C1. The lowest BCUT2D eigenvalue weighted by Crippen LogP contribution is -2.52. The first-order chi connectivity index (χ1) is 20.8. The van der Waals surface area contributed by atoms with Crippen LogP contribution >= 0.6 is 0 Å². The number of piperazine rings is 1. The number of benzene rings is 1. The molecule has 2 aromatic heterocycles. The highest BCUT2D eigenvalue weighted by molar-refractivity contribution is 5.97. The van der Waals surface area contributed by atoms with Crippen molar-refractivity contribution in [3.63, 3.8) is 0 Å². The van der Waals surface area contributed by atoms with Gasteiger partial charge in [-0.05, 0) is 63.3 Å². The number of hydrogen-bond donors (Lipinski definition) is 3. The predicted molar refractivity (Wildman–Crippen MR) is 171 cm³/mol. The summed E-state index contributed by atoms with van der Waals surface area (Å²) >= 11 is 0. The molecule has 43 heavy (non-hydrogen) atoms. The largest absolute Gasteiger partial charge is 0.495 e. The van der Waals surface area contributed by atoms with Gasteiger partial charge in [-0.15, -0.1) is 0 Å². The molecule has 2 atom stereocenters. The van der Waals surface area contributed by atoms with E-state index in [9.17, 15) is 4.79 Å². The van der Waals surface area contributed by atoms with Gasteiger partial charge in [0.25, 0.3) is 0 Å². The van der Waals surface area contributed by atoms with Crippen molar-refractivity contribution >= 4 is 34.3 Å². The monoisotopic (exact) mass is 587 g/mol. The molecule has 0 radical (unpaired) electrons. The van der Waals surface area contributed by atoms with E-state index < -0.39 is 0 Å². The minimum atomic E-state index is -0.234. The molecule has 0 bridgehead atoms. The number of ether oxygens (including phenoxy) is 1. The van der Waals surface area contributed by atoms with Crippen LogP contribution in [-0.4, -0.2) is 96.2 Å². The molecule has 1 aromatic carbocycles. The number of nitrogens with one attached hydrogen (secondary N) is 1. The first-order valence-corrected chi connectivity index (χ1v) is 15.7. The van der Waals surface area contributed by atoms with E-state index in [0.29, 0.717) is 35.7 Å². The van der Waals surface area contributed by atoms with Gasteiger partial charge in [0.15, 0.2) is 5.82 Å². The van der Waals surface area contributed by atoms with Crippen molar-refractivity contribution in [1.29, 1.82) is 0 Å². The molecular weight excluding hydrogens is 542 g/mol. The quantitative estimate of drug-likeness (QED) is 0.360. The number of amides is 1. The van der Waals surface area contributed by atoms with E-state index in [2.05, 4.69) is 50.2 Å². The number of nitrogens with two attached hydrogens (primary N) is 2. The number of nitrogen functional groups attached to an aromatic ring is 1. The molecule has 6 rings (SSSR count). The summed E-state index contributed by atoms with van der Waals surface area (Å²) < 4.78 is 5.94. The topological polar surface area (TPSA) is 139 Å². The number of anilines is 3. The van der Waals surface area contributed by atoms with Gasteiger partial charge in [0.2, 0.25) is 5.91 Å². The smallest absolute Gasteiger partial charge is 0.220 e. The molecule has 2 saturated heterocycles. The lowest BCUT2D eigenvalue weighted by atomic mass is 10.00. The van der Waals surface area contributed by atoms with E-state index in [0.717, 1.165) is 99.0 Å². The molecule has 3 fully saturated rings. The number of carbonyl (C=O) groups excluding carboxylic acids is 1. The maximum atomic E-state index is 11.7. The van der Waals surface area contributed by atoms with Crippen molar-refractivity contribution in [2.45, 2.75) is 57.5 Å². The van der Waals surface area contributed by atoms with Crippen LogP contribution in [-0.2, 0) is 11.2 Å². The average molecular weight is 588 g/mol. The summed E-state index contributed by atoms with van der Waals surface area (Å²) in [5, 5.41) is 3.56. The highest BCUT2D eigenvalue weighted by Crippen LogP contribution is 2.38. The average Bonchev–Trinajstić information content (AvgIpc) is 3.50.